The minimum Gasteiger partial charge on any atom is -0.483 e. The van der Waals surface area contributed by atoms with Crippen molar-refractivity contribution < 1.29 is 47.9 Å². The van der Waals surface area contributed by atoms with Crippen LogP contribution in [0.3, 0.4) is 0 Å². The lowest BCUT2D eigenvalue weighted by molar-refractivity contribution is -0.207. The fraction of sp³-hybridized carbons (Fsp3) is 0.571. The van der Waals surface area contributed by atoms with Gasteiger partial charge in [-0.05, 0) is 44.2 Å². The minimum atomic E-state index is -1.07. The molecule has 0 aromatic carbocycles. The van der Waals surface area contributed by atoms with Gasteiger partial charge in [-0.15, -0.1) is 0 Å². The Balaban J connectivity index is 1.66. The molecule has 0 spiro atoms. The lowest BCUT2D eigenvalue weighted by Crippen LogP contribution is -2.60. The zero-order valence-electron chi connectivity index (χ0n) is 22.6. The molecule has 1 aromatic rings. The largest absolute Gasteiger partial charge is 0.483 e. The van der Waals surface area contributed by atoms with E-state index in [0.29, 0.717) is 41.9 Å². The second kappa shape index (κ2) is 12.2. The molecule has 1 unspecified atom stereocenters. The zero-order valence-corrected chi connectivity index (χ0v) is 22.6. The van der Waals surface area contributed by atoms with Crippen LogP contribution in [-0.4, -0.2) is 71.9 Å². The molecule has 1 N–H and O–H groups in total. The first-order chi connectivity index (χ1) is 18.6. The van der Waals surface area contributed by atoms with Gasteiger partial charge in [0.2, 0.25) is 0 Å². The topological polar surface area (TPSA) is 140 Å². The number of nitrogens with zero attached hydrogens (tertiary/aromatic N) is 1. The number of esters is 3. The molecule has 0 amide bonds. The number of fused-ring (bicyclic) bond motifs is 1. The zero-order chi connectivity index (χ0) is 28.2. The second-order valence-corrected chi connectivity index (χ2v) is 10.3. The van der Waals surface area contributed by atoms with E-state index in [2.05, 4.69) is 4.98 Å². The number of allylic oxidation sites excluding steroid dienone is 1. The molecule has 2 aliphatic heterocycles. The smallest absolute Gasteiger partial charge is 0.303 e. The van der Waals surface area contributed by atoms with E-state index in [-0.39, 0.29) is 25.9 Å². The Morgan fingerprint density at radius 2 is 1.97 bits per heavy atom. The molecule has 0 bridgehead atoms. The molecule has 11 heteroatoms. The highest BCUT2D eigenvalue weighted by Gasteiger charge is 2.57. The third-order valence-electron chi connectivity index (χ3n) is 7.37. The van der Waals surface area contributed by atoms with Gasteiger partial charge in [-0.2, -0.15) is 0 Å². The second-order valence-electron chi connectivity index (χ2n) is 10.3. The van der Waals surface area contributed by atoms with Crippen molar-refractivity contribution in [1.29, 1.82) is 0 Å². The first kappa shape index (κ1) is 28.6. The van der Waals surface area contributed by atoms with Gasteiger partial charge in [0.25, 0.3) is 0 Å². The first-order valence-electron chi connectivity index (χ1n) is 13.0. The molecule has 39 heavy (non-hydrogen) atoms. The molecule has 4 rings (SSSR count). The van der Waals surface area contributed by atoms with Gasteiger partial charge in [0.05, 0.1) is 12.7 Å². The van der Waals surface area contributed by atoms with Crippen LogP contribution >= 0.6 is 0 Å². The highest BCUT2D eigenvalue weighted by atomic mass is 16.7. The van der Waals surface area contributed by atoms with Crippen molar-refractivity contribution in [2.24, 2.45) is 11.8 Å². The number of rotatable bonds is 7. The normalized spacial score (nSPS) is 29.1. The summed E-state index contributed by atoms with van der Waals surface area (Å²) in [6, 6.07) is 3.62. The molecule has 0 radical (unpaired) electrons. The van der Waals surface area contributed by atoms with Crippen LogP contribution in [0.2, 0.25) is 0 Å². The predicted octanol–water partition coefficient (Wildman–Crippen LogP) is 2.67. The van der Waals surface area contributed by atoms with Gasteiger partial charge in [-0.3, -0.25) is 19.4 Å². The highest BCUT2D eigenvalue weighted by molar-refractivity contribution is 5.67. The minimum absolute atomic E-state index is 0.0227. The van der Waals surface area contributed by atoms with Crippen LogP contribution in [0, 0.1) is 11.8 Å². The van der Waals surface area contributed by atoms with Crippen molar-refractivity contribution in [2.45, 2.75) is 70.9 Å². The van der Waals surface area contributed by atoms with E-state index in [1.807, 2.05) is 13.0 Å². The molecular weight excluding hydrogens is 510 g/mol. The van der Waals surface area contributed by atoms with E-state index < -0.39 is 47.7 Å². The summed E-state index contributed by atoms with van der Waals surface area (Å²) in [4.78, 5) is 39.4. The van der Waals surface area contributed by atoms with Crippen molar-refractivity contribution in [3.05, 3.63) is 47.5 Å². The van der Waals surface area contributed by atoms with E-state index in [4.69, 9.17) is 28.4 Å². The summed E-state index contributed by atoms with van der Waals surface area (Å²) in [7, 11) is 0. The first-order valence-corrected chi connectivity index (χ1v) is 13.0. The van der Waals surface area contributed by atoms with Gasteiger partial charge in [-0.25, -0.2) is 0 Å². The Bertz CT molecular complexity index is 1130. The molecule has 3 aliphatic rings. The number of aliphatic hydroxyl groups is 1. The van der Waals surface area contributed by atoms with Gasteiger partial charge < -0.3 is 33.5 Å². The fourth-order valence-corrected chi connectivity index (χ4v) is 5.64. The van der Waals surface area contributed by atoms with Gasteiger partial charge in [0.15, 0.2) is 6.79 Å². The monoisotopic (exact) mass is 545 g/mol. The molecule has 212 valence electrons. The summed E-state index contributed by atoms with van der Waals surface area (Å²) < 4.78 is 34.3. The van der Waals surface area contributed by atoms with Gasteiger partial charge in [-0.1, -0.05) is 0 Å². The van der Waals surface area contributed by atoms with E-state index in [1.54, 1.807) is 24.5 Å². The molecule has 1 aromatic heterocycles. The van der Waals surface area contributed by atoms with Crippen molar-refractivity contribution >= 4 is 23.7 Å². The Kier molecular flexibility index (Phi) is 8.91. The average Bonchev–Trinajstić information content (AvgIpc) is 2.85. The number of carbonyl (C=O) groups is 3. The van der Waals surface area contributed by atoms with Crippen molar-refractivity contribution in [3.8, 4) is 0 Å². The van der Waals surface area contributed by atoms with Crippen LogP contribution in [0.4, 0.5) is 0 Å². The highest BCUT2D eigenvalue weighted by Crippen LogP contribution is 2.50. The third kappa shape index (κ3) is 6.77. The number of pyridine rings is 1. The van der Waals surface area contributed by atoms with E-state index in [0.717, 1.165) is 0 Å². The quantitative estimate of drug-likeness (QED) is 0.399. The molecule has 1 aliphatic carbocycles. The van der Waals surface area contributed by atoms with Crippen molar-refractivity contribution in [1.82, 2.24) is 4.98 Å². The van der Waals surface area contributed by atoms with Crippen LogP contribution in [0.1, 0.15) is 52.5 Å². The number of aromatic nitrogens is 1. The van der Waals surface area contributed by atoms with Gasteiger partial charge >= 0.3 is 17.9 Å². The van der Waals surface area contributed by atoms with E-state index in [1.165, 1.54) is 20.8 Å². The van der Waals surface area contributed by atoms with Crippen molar-refractivity contribution in [3.63, 3.8) is 0 Å². The molecule has 0 saturated heterocycles. The van der Waals surface area contributed by atoms with Gasteiger partial charge in [0, 0.05) is 56.3 Å². The van der Waals surface area contributed by atoms with Crippen LogP contribution in [-0.2, 0) is 42.8 Å². The Labute approximate surface area is 227 Å². The van der Waals surface area contributed by atoms with E-state index >= 15 is 0 Å². The Morgan fingerprint density at radius 3 is 2.64 bits per heavy atom. The van der Waals surface area contributed by atoms with Crippen LogP contribution in [0.25, 0.3) is 5.76 Å². The number of hydrogen-bond donors (Lipinski definition) is 1. The third-order valence-corrected chi connectivity index (χ3v) is 7.37. The Morgan fingerprint density at radius 1 is 1.18 bits per heavy atom. The standard InChI is InChI=1S/C28H35NO10/c1-16(30)35-13-21(37-17(2)31)8-19-9-23-27(33)22-14-34-15-36-24(20-6-5-7-29-12-20)11-25(22)39-28(23,4)26(10-19)38-18(3)32/h5-7,11-12,19,21,23,26-27,33H,8-10,13-15H2,1-4H3/t19?,21-,23-,26+,27+,28+/m0/s1. The SMILES string of the molecule is CC(=O)OC[C@H](CC1C[C@@H](OC(C)=O)[C@]2(C)OC3=C(COCOC(c4cccnc4)=C3)[C@@H](O)[C@@H]2C1)OC(C)=O. The average molecular weight is 546 g/mol. The summed E-state index contributed by atoms with van der Waals surface area (Å²) >= 11 is 0. The maximum absolute atomic E-state index is 12.1. The maximum atomic E-state index is 12.1. The Hall–Kier alpha value is -3.44. The predicted molar refractivity (Wildman–Crippen MR) is 135 cm³/mol. The number of hydrogen-bond acceptors (Lipinski definition) is 11. The fourth-order valence-electron chi connectivity index (χ4n) is 5.64. The number of ether oxygens (including phenoxy) is 6. The summed E-state index contributed by atoms with van der Waals surface area (Å²) in [5.74, 6) is -1.20. The van der Waals surface area contributed by atoms with Gasteiger partial charge in [0.1, 0.15) is 35.9 Å². The summed E-state index contributed by atoms with van der Waals surface area (Å²) in [6.45, 7) is 5.71. The van der Waals surface area contributed by atoms with Crippen LogP contribution in [0.15, 0.2) is 41.9 Å². The molecule has 1 saturated carbocycles. The maximum Gasteiger partial charge on any atom is 0.303 e. The summed E-state index contributed by atoms with van der Waals surface area (Å²) in [5, 5.41) is 11.7. The lowest BCUT2D eigenvalue weighted by Gasteiger charge is -2.53. The molecule has 3 heterocycles. The molecular formula is C28H35NO10. The van der Waals surface area contributed by atoms with Crippen LogP contribution < -0.4 is 0 Å². The summed E-state index contributed by atoms with van der Waals surface area (Å²) in [5.41, 5.74) is 0.203. The van der Waals surface area contributed by atoms with E-state index in [9.17, 15) is 19.5 Å². The summed E-state index contributed by atoms with van der Waals surface area (Å²) in [6.07, 6.45) is 3.90. The van der Waals surface area contributed by atoms with Crippen molar-refractivity contribution in [2.75, 3.05) is 20.0 Å². The lowest BCUT2D eigenvalue weighted by atomic mass is 9.64. The number of aliphatic hydroxyl groups excluding tert-OH is 1. The number of carbonyl (C=O) groups excluding carboxylic acids is 3. The molecule has 1 fully saturated rings. The molecule has 11 nitrogen and oxygen atoms in total. The van der Waals surface area contributed by atoms with Crippen LogP contribution in [0.5, 0.6) is 0 Å². The molecule has 6 atom stereocenters.